The lowest BCUT2D eigenvalue weighted by molar-refractivity contribution is 1.40. The molecule has 1 aromatic rings. The number of nitrogens with one attached hydrogen (secondary N) is 1. The van der Waals surface area contributed by atoms with Crippen molar-refractivity contribution in [3.63, 3.8) is 0 Å². The molecule has 0 heterocycles. The van der Waals surface area contributed by atoms with Crippen LogP contribution in [-0.4, -0.2) is 5.84 Å². The van der Waals surface area contributed by atoms with Gasteiger partial charge >= 0.3 is 0 Å². The van der Waals surface area contributed by atoms with Gasteiger partial charge < -0.3 is 0 Å². The second kappa shape index (κ2) is 3.39. The molecule has 0 aromatic heterocycles. The molecule has 0 fully saturated rings. The predicted octanol–water partition coefficient (Wildman–Crippen LogP) is 2.32. The molecule has 0 radical (unpaired) electrons. The number of azide groups is 1. The van der Waals surface area contributed by atoms with E-state index in [0.29, 0.717) is 5.56 Å². The van der Waals surface area contributed by atoms with Crippen molar-refractivity contribution in [2.24, 2.45) is 5.11 Å². The molecule has 1 rings (SSSR count). The first kappa shape index (κ1) is 7.31. The van der Waals surface area contributed by atoms with E-state index in [9.17, 15) is 0 Å². The van der Waals surface area contributed by atoms with E-state index < -0.39 is 0 Å². The highest BCUT2D eigenvalue weighted by atomic mass is 15.2. The summed E-state index contributed by atoms with van der Waals surface area (Å²) in [6, 6.07) is 8.86. The smallest absolute Gasteiger partial charge is 0.125 e. The van der Waals surface area contributed by atoms with Gasteiger partial charge in [-0.05, 0) is 10.6 Å². The fourth-order valence-electron chi connectivity index (χ4n) is 0.698. The maximum absolute atomic E-state index is 8.02. The molecule has 11 heavy (non-hydrogen) atoms. The first-order valence-corrected chi connectivity index (χ1v) is 3.03. The molecule has 1 aromatic carbocycles. The molecule has 0 aliphatic rings. The third-order valence-corrected chi connectivity index (χ3v) is 1.19. The summed E-state index contributed by atoms with van der Waals surface area (Å²) < 4.78 is 0. The van der Waals surface area contributed by atoms with Crippen LogP contribution in [0.3, 0.4) is 0 Å². The van der Waals surface area contributed by atoms with Crippen LogP contribution in [-0.2, 0) is 0 Å². The van der Waals surface area contributed by atoms with Crippen LogP contribution in [0.2, 0.25) is 0 Å². The van der Waals surface area contributed by atoms with Crippen LogP contribution in [0.4, 0.5) is 0 Å². The van der Waals surface area contributed by atoms with Crippen molar-refractivity contribution in [1.29, 1.82) is 5.41 Å². The minimum atomic E-state index is -0.0481. The highest BCUT2D eigenvalue weighted by molar-refractivity contribution is 5.96. The van der Waals surface area contributed by atoms with Gasteiger partial charge in [-0.1, -0.05) is 30.3 Å². The van der Waals surface area contributed by atoms with Gasteiger partial charge in [0, 0.05) is 10.5 Å². The van der Waals surface area contributed by atoms with Gasteiger partial charge in [0.25, 0.3) is 0 Å². The quantitative estimate of drug-likeness (QED) is 0.207. The Morgan fingerprint density at radius 1 is 1.36 bits per heavy atom. The van der Waals surface area contributed by atoms with Crippen molar-refractivity contribution in [3.05, 3.63) is 46.3 Å². The zero-order valence-corrected chi connectivity index (χ0v) is 5.73. The number of amidine groups is 1. The lowest BCUT2D eigenvalue weighted by atomic mass is 10.2. The minimum absolute atomic E-state index is 0.0481. The van der Waals surface area contributed by atoms with Crippen molar-refractivity contribution in [2.75, 3.05) is 0 Å². The van der Waals surface area contributed by atoms with Crippen LogP contribution in [0, 0.1) is 5.41 Å². The Morgan fingerprint density at radius 3 is 2.55 bits per heavy atom. The zero-order valence-electron chi connectivity index (χ0n) is 5.73. The van der Waals surface area contributed by atoms with Gasteiger partial charge in [-0.3, -0.25) is 5.41 Å². The molecule has 0 unspecified atom stereocenters. The molecular formula is C7H6N4. The minimum Gasteiger partial charge on any atom is -0.298 e. The van der Waals surface area contributed by atoms with Crippen molar-refractivity contribution >= 4 is 5.84 Å². The Morgan fingerprint density at radius 2 is 2.00 bits per heavy atom. The third kappa shape index (κ3) is 1.81. The summed E-state index contributed by atoms with van der Waals surface area (Å²) in [4.78, 5) is 2.51. The summed E-state index contributed by atoms with van der Waals surface area (Å²) in [6.45, 7) is 0. The molecule has 0 saturated heterocycles. The predicted molar refractivity (Wildman–Crippen MR) is 42.4 cm³/mol. The van der Waals surface area contributed by atoms with E-state index in [0.717, 1.165) is 0 Å². The molecule has 4 nitrogen and oxygen atoms in total. The molecule has 0 aliphatic heterocycles. The van der Waals surface area contributed by atoms with Crippen LogP contribution in [0.5, 0.6) is 0 Å². The highest BCUT2D eigenvalue weighted by Gasteiger charge is 1.93. The molecule has 0 atom stereocenters. The van der Waals surface area contributed by atoms with E-state index in [1.54, 1.807) is 24.3 Å². The van der Waals surface area contributed by atoms with Gasteiger partial charge in [-0.25, -0.2) is 0 Å². The second-order valence-corrected chi connectivity index (χ2v) is 1.90. The summed E-state index contributed by atoms with van der Waals surface area (Å²) in [5, 5.41) is 10.4. The van der Waals surface area contributed by atoms with Crippen LogP contribution in [0.1, 0.15) is 5.56 Å². The van der Waals surface area contributed by atoms with E-state index in [1.165, 1.54) is 0 Å². The average molecular weight is 146 g/mol. The largest absolute Gasteiger partial charge is 0.298 e. The summed E-state index contributed by atoms with van der Waals surface area (Å²) >= 11 is 0. The summed E-state index contributed by atoms with van der Waals surface area (Å²) in [7, 11) is 0. The van der Waals surface area contributed by atoms with Crippen molar-refractivity contribution in [2.45, 2.75) is 0 Å². The Labute approximate surface area is 63.6 Å². The van der Waals surface area contributed by atoms with Crippen molar-refractivity contribution in [3.8, 4) is 0 Å². The lowest BCUT2D eigenvalue weighted by Gasteiger charge is -1.93. The number of hydrogen-bond donors (Lipinski definition) is 1. The van der Waals surface area contributed by atoms with Gasteiger partial charge in [0.2, 0.25) is 0 Å². The molecule has 54 valence electrons. The third-order valence-electron chi connectivity index (χ3n) is 1.19. The molecule has 0 spiro atoms. The summed E-state index contributed by atoms with van der Waals surface area (Å²) in [6.07, 6.45) is 0. The molecule has 0 aliphatic carbocycles. The van der Waals surface area contributed by atoms with E-state index in [4.69, 9.17) is 10.9 Å². The number of hydrogen-bond acceptors (Lipinski definition) is 1. The molecular weight excluding hydrogens is 140 g/mol. The Balaban J connectivity index is 2.94. The van der Waals surface area contributed by atoms with Crippen molar-refractivity contribution in [1.82, 2.24) is 0 Å². The SMILES string of the molecule is [N-]=[N+]=NC(=N)c1ccccc1. The van der Waals surface area contributed by atoms with Crippen LogP contribution >= 0.6 is 0 Å². The molecule has 0 bridgehead atoms. The van der Waals surface area contributed by atoms with Crippen LogP contribution in [0.25, 0.3) is 10.4 Å². The van der Waals surface area contributed by atoms with E-state index in [-0.39, 0.29) is 5.84 Å². The van der Waals surface area contributed by atoms with Gasteiger partial charge in [0.1, 0.15) is 5.84 Å². The van der Waals surface area contributed by atoms with Gasteiger partial charge in [-0.2, -0.15) is 0 Å². The van der Waals surface area contributed by atoms with Crippen molar-refractivity contribution < 1.29 is 0 Å². The monoisotopic (exact) mass is 146 g/mol. The average Bonchev–Trinajstić information content (AvgIpc) is 2.07. The second-order valence-electron chi connectivity index (χ2n) is 1.90. The molecule has 4 heteroatoms. The number of rotatable bonds is 1. The molecule has 0 saturated carbocycles. The normalized spacial score (nSPS) is 8.36. The lowest BCUT2D eigenvalue weighted by Crippen LogP contribution is -1.90. The number of nitrogens with zero attached hydrogens (tertiary/aromatic N) is 3. The van der Waals surface area contributed by atoms with E-state index in [1.807, 2.05) is 6.07 Å². The Kier molecular flexibility index (Phi) is 2.25. The molecule has 1 N–H and O–H groups in total. The number of benzene rings is 1. The standard InChI is InChI=1S/C7H6N4/c8-7(10-11-9)6-4-2-1-3-5-6/h1-5,8H. The van der Waals surface area contributed by atoms with Gasteiger partial charge in [-0.15, -0.1) is 0 Å². The Hall–Kier alpha value is -1.80. The fraction of sp³-hybridized carbons (Fsp3) is 0. The highest BCUT2D eigenvalue weighted by Crippen LogP contribution is 1.99. The maximum atomic E-state index is 8.02. The topological polar surface area (TPSA) is 72.6 Å². The first-order valence-electron chi connectivity index (χ1n) is 3.03. The van der Waals surface area contributed by atoms with Gasteiger partial charge in [0.15, 0.2) is 0 Å². The summed E-state index contributed by atoms with van der Waals surface area (Å²) in [5.41, 5.74) is 8.65. The van der Waals surface area contributed by atoms with Crippen LogP contribution in [0.15, 0.2) is 35.4 Å². The molecule has 0 amide bonds. The van der Waals surface area contributed by atoms with Gasteiger partial charge in [0.05, 0.1) is 0 Å². The van der Waals surface area contributed by atoms with E-state index in [2.05, 4.69) is 10.0 Å². The fourth-order valence-corrected chi connectivity index (χ4v) is 0.698. The maximum Gasteiger partial charge on any atom is 0.125 e. The van der Waals surface area contributed by atoms with E-state index >= 15 is 0 Å². The summed E-state index contributed by atoms with van der Waals surface area (Å²) in [5.74, 6) is -0.0481. The van der Waals surface area contributed by atoms with Crippen LogP contribution < -0.4 is 0 Å². The first-order chi connectivity index (χ1) is 5.34. The zero-order chi connectivity index (χ0) is 8.10. The Bertz CT molecular complexity index is 297.